The Balaban J connectivity index is 2.40. The topological polar surface area (TPSA) is 142 Å². The normalized spacial score (nSPS) is 11.4. The van der Waals surface area contributed by atoms with Crippen LogP contribution >= 0.6 is 0 Å². The molecule has 0 aromatic heterocycles. The van der Waals surface area contributed by atoms with Crippen LogP contribution in [0.5, 0.6) is 5.75 Å². The number of primary amides is 1. The lowest BCUT2D eigenvalue weighted by Crippen LogP contribution is -2.42. The van der Waals surface area contributed by atoms with Gasteiger partial charge in [0.15, 0.2) is 0 Å². The average Bonchev–Trinajstić information content (AvgIpc) is 2.76. The summed E-state index contributed by atoms with van der Waals surface area (Å²) in [5.41, 5.74) is 5.33. The maximum atomic E-state index is 13.3. The molecule has 2 aromatic rings. The molecular formula is C23H28N2O8S. The number of hydrogen-bond donors (Lipinski definition) is 1. The van der Waals surface area contributed by atoms with Crippen molar-refractivity contribution in [1.82, 2.24) is 4.31 Å². The number of hydrogen-bond acceptors (Lipinski definition) is 8. The third-order valence-corrected chi connectivity index (χ3v) is 6.19. The van der Waals surface area contributed by atoms with Crippen molar-refractivity contribution in [3.8, 4) is 5.75 Å². The summed E-state index contributed by atoms with van der Waals surface area (Å²) < 4.78 is 42.6. The van der Waals surface area contributed by atoms with E-state index < -0.39 is 51.5 Å². The average molecular weight is 493 g/mol. The second-order valence-corrected chi connectivity index (χ2v) is 10.0. The van der Waals surface area contributed by atoms with Crippen molar-refractivity contribution in [3.63, 3.8) is 0 Å². The molecule has 10 nitrogen and oxygen atoms in total. The quantitative estimate of drug-likeness (QED) is 0.527. The third kappa shape index (κ3) is 7.20. The molecule has 2 rings (SSSR count). The lowest BCUT2D eigenvalue weighted by atomic mass is 10.2. The van der Waals surface area contributed by atoms with Crippen LogP contribution in [0.3, 0.4) is 0 Å². The summed E-state index contributed by atoms with van der Waals surface area (Å²) in [6.07, 6.45) is -0.403. The zero-order valence-electron chi connectivity index (χ0n) is 19.4. The van der Waals surface area contributed by atoms with Gasteiger partial charge in [0.1, 0.15) is 22.9 Å². The Labute approximate surface area is 198 Å². The molecule has 2 amide bonds. The molecular weight excluding hydrogens is 464 g/mol. The van der Waals surface area contributed by atoms with Crippen LogP contribution in [-0.4, -0.2) is 49.9 Å². The molecule has 0 atom stereocenters. The predicted molar refractivity (Wildman–Crippen MR) is 122 cm³/mol. The van der Waals surface area contributed by atoms with Gasteiger partial charge in [0.05, 0.1) is 19.1 Å². The molecule has 0 unspecified atom stereocenters. The van der Waals surface area contributed by atoms with Crippen molar-refractivity contribution in [3.05, 3.63) is 59.7 Å². The van der Waals surface area contributed by atoms with Gasteiger partial charge in [-0.15, -0.1) is 0 Å². The standard InChI is InChI=1S/C23H28N2O8S/c1-23(2,3)33-20(26)12-13-25(22(24)28)34(29,30)19-11-10-17(21(27)31-4)14-18(19)32-15-16-8-6-5-7-9-16/h5-11,14H,12-13,15H2,1-4H3,(H2,24,28). The van der Waals surface area contributed by atoms with Gasteiger partial charge in [-0.05, 0) is 44.5 Å². The number of nitrogens with zero attached hydrogens (tertiary/aromatic N) is 1. The van der Waals surface area contributed by atoms with Crippen molar-refractivity contribution in [2.24, 2.45) is 5.73 Å². The van der Waals surface area contributed by atoms with Gasteiger partial charge in [0.2, 0.25) is 0 Å². The highest BCUT2D eigenvalue weighted by Crippen LogP contribution is 2.29. The van der Waals surface area contributed by atoms with Crippen molar-refractivity contribution in [1.29, 1.82) is 0 Å². The Morgan fingerprint density at radius 1 is 1.03 bits per heavy atom. The second-order valence-electron chi connectivity index (χ2n) is 8.18. The molecule has 2 aromatic carbocycles. The van der Waals surface area contributed by atoms with Crippen molar-refractivity contribution < 1.29 is 37.0 Å². The van der Waals surface area contributed by atoms with E-state index in [4.69, 9.17) is 19.9 Å². The summed E-state index contributed by atoms with van der Waals surface area (Å²) in [4.78, 5) is 35.7. The summed E-state index contributed by atoms with van der Waals surface area (Å²) in [5.74, 6) is -1.59. The van der Waals surface area contributed by atoms with Crippen molar-refractivity contribution >= 4 is 28.0 Å². The van der Waals surface area contributed by atoms with Gasteiger partial charge < -0.3 is 19.9 Å². The number of amides is 2. The van der Waals surface area contributed by atoms with Crippen LogP contribution < -0.4 is 10.5 Å². The first-order valence-electron chi connectivity index (χ1n) is 10.3. The summed E-state index contributed by atoms with van der Waals surface area (Å²) in [6, 6.07) is 11.2. The number of carbonyl (C=O) groups excluding carboxylic acids is 3. The van der Waals surface area contributed by atoms with E-state index in [0.717, 1.165) is 11.6 Å². The summed E-state index contributed by atoms with van der Waals surface area (Å²) in [7, 11) is -3.37. The molecule has 184 valence electrons. The van der Waals surface area contributed by atoms with E-state index in [-0.39, 0.29) is 17.9 Å². The number of sulfonamides is 1. The first-order valence-corrected chi connectivity index (χ1v) is 11.7. The van der Waals surface area contributed by atoms with Gasteiger partial charge in [-0.25, -0.2) is 22.3 Å². The summed E-state index contributed by atoms with van der Waals surface area (Å²) >= 11 is 0. The number of benzene rings is 2. The fraction of sp³-hybridized carbons (Fsp3) is 0.348. The minimum Gasteiger partial charge on any atom is -0.487 e. The van der Waals surface area contributed by atoms with E-state index in [0.29, 0.717) is 4.31 Å². The molecule has 2 N–H and O–H groups in total. The van der Waals surface area contributed by atoms with Crippen LogP contribution in [-0.2, 0) is 30.9 Å². The zero-order chi connectivity index (χ0) is 25.5. The molecule has 0 spiro atoms. The number of ether oxygens (including phenoxy) is 3. The number of esters is 2. The van der Waals surface area contributed by atoms with Gasteiger partial charge in [-0.3, -0.25) is 4.79 Å². The summed E-state index contributed by atoms with van der Waals surface area (Å²) in [6.45, 7) is 4.43. The van der Waals surface area contributed by atoms with Gasteiger partial charge in [-0.1, -0.05) is 30.3 Å². The number of rotatable bonds is 9. The highest BCUT2D eigenvalue weighted by molar-refractivity contribution is 7.89. The van der Waals surface area contributed by atoms with Gasteiger partial charge >= 0.3 is 18.0 Å². The van der Waals surface area contributed by atoms with E-state index in [1.807, 2.05) is 6.07 Å². The summed E-state index contributed by atoms with van der Waals surface area (Å²) in [5, 5.41) is 0. The van der Waals surface area contributed by atoms with E-state index in [1.165, 1.54) is 19.2 Å². The highest BCUT2D eigenvalue weighted by atomic mass is 32.2. The minimum atomic E-state index is -4.55. The molecule has 34 heavy (non-hydrogen) atoms. The monoisotopic (exact) mass is 492 g/mol. The molecule has 0 aliphatic heterocycles. The van der Waals surface area contributed by atoms with Crippen LogP contribution in [0.2, 0.25) is 0 Å². The van der Waals surface area contributed by atoms with Gasteiger partial charge in [-0.2, -0.15) is 0 Å². The Kier molecular flexibility index (Phi) is 8.63. The van der Waals surface area contributed by atoms with Crippen LogP contribution in [0, 0.1) is 0 Å². The SMILES string of the molecule is COC(=O)c1ccc(S(=O)(=O)N(CCC(=O)OC(C)(C)C)C(N)=O)c(OCc2ccccc2)c1. The number of nitrogens with two attached hydrogens (primary N) is 1. The Hall–Kier alpha value is -3.60. The molecule has 0 heterocycles. The molecule has 0 saturated carbocycles. The first kappa shape index (κ1) is 26.7. The van der Waals surface area contributed by atoms with E-state index in [2.05, 4.69) is 0 Å². The lowest BCUT2D eigenvalue weighted by Gasteiger charge is -2.23. The fourth-order valence-corrected chi connectivity index (χ4v) is 4.29. The largest absolute Gasteiger partial charge is 0.487 e. The maximum Gasteiger partial charge on any atom is 0.337 e. The Morgan fingerprint density at radius 2 is 1.68 bits per heavy atom. The smallest absolute Gasteiger partial charge is 0.337 e. The maximum absolute atomic E-state index is 13.3. The zero-order valence-corrected chi connectivity index (χ0v) is 20.3. The second kappa shape index (κ2) is 11.0. The van der Waals surface area contributed by atoms with E-state index >= 15 is 0 Å². The number of methoxy groups -OCH3 is 1. The highest BCUT2D eigenvalue weighted by Gasteiger charge is 2.32. The van der Waals surface area contributed by atoms with Crippen LogP contribution in [0.15, 0.2) is 53.4 Å². The lowest BCUT2D eigenvalue weighted by molar-refractivity contribution is -0.154. The molecule has 0 saturated heterocycles. The Morgan fingerprint density at radius 3 is 2.24 bits per heavy atom. The number of urea groups is 1. The van der Waals surface area contributed by atoms with Gasteiger partial charge in [0, 0.05) is 6.54 Å². The Bertz CT molecular complexity index is 1140. The van der Waals surface area contributed by atoms with Crippen LogP contribution in [0.1, 0.15) is 43.1 Å². The fourth-order valence-electron chi connectivity index (χ4n) is 2.87. The van der Waals surface area contributed by atoms with Crippen LogP contribution in [0.25, 0.3) is 0 Å². The third-order valence-electron chi connectivity index (χ3n) is 4.35. The van der Waals surface area contributed by atoms with Crippen molar-refractivity contribution in [2.45, 2.75) is 44.3 Å². The predicted octanol–water partition coefficient (Wildman–Crippen LogP) is 2.85. The van der Waals surface area contributed by atoms with Crippen molar-refractivity contribution in [2.75, 3.05) is 13.7 Å². The number of carbonyl (C=O) groups is 3. The van der Waals surface area contributed by atoms with Gasteiger partial charge in [0.25, 0.3) is 10.0 Å². The first-order chi connectivity index (χ1) is 15.8. The molecule has 0 bridgehead atoms. The minimum absolute atomic E-state index is 0.0114. The van der Waals surface area contributed by atoms with Crippen LogP contribution in [0.4, 0.5) is 4.79 Å². The van der Waals surface area contributed by atoms with E-state index in [9.17, 15) is 22.8 Å². The molecule has 0 radical (unpaired) electrons. The van der Waals surface area contributed by atoms with E-state index in [1.54, 1.807) is 45.0 Å². The molecule has 0 aliphatic rings. The molecule has 11 heteroatoms. The molecule has 0 fully saturated rings. The molecule has 0 aliphatic carbocycles.